The topological polar surface area (TPSA) is 77.8 Å². The molecule has 0 amide bonds. The lowest BCUT2D eigenvalue weighted by Crippen LogP contribution is -2.66. The Bertz CT molecular complexity index is 903. The maximum absolute atomic E-state index is 12.8. The minimum atomic E-state index is -0.604. The SMILES string of the molecule is CC1(C)CC[C@]2(C(=O)O)CC[C@]3(C)C(=CC[C@@H]4[C@@]5(CO)CC[C@H](O)C(C)(C)[C@@H]5CC[C@]43C)[C@@H]2C1. The minimum Gasteiger partial charge on any atom is -0.481 e. The largest absolute Gasteiger partial charge is 0.481 e. The number of hydrogen-bond donors (Lipinski definition) is 3. The molecule has 4 fully saturated rings. The average molecular weight is 473 g/mol. The van der Waals surface area contributed by atoms with E-state index in [2.05, 4.69) is 47.6 Å². The van der Waals surface area contributed by atoms with Gasteiger partial charge in [0.25, 0.3) is 0 Å². The molecule has 5 rings (SSSR count). The maximum Gasteiger partial charge on any atom is 0.310 e. The molecular formula is C30H48O4. The Morgan fingerprint density at radius 1 is 0.941 bits per heavy atom. The summed E-state index contributed by atoms with van der Waals surface area (Å²) < 4.78 is 0. The molecule has 8 atom stereocenters. The van der Waals surface area contributed by atoms with Crippen LogP contribution in [0.1, 0.15) is 106 Å². The van der Waals surface area contributed by atoms with E-state index in [1.807, 2.05) is 0 Å². The summed E-state index contributed by atoms with van der Waals surface area (Å²) in [7, 11) is 0. The van der Waals surface area contributed by atoms with Crippen molar-refractivity contribution in [3.05, 3.63) is 11.6 Å². The third kappa shape index (κ3) is 2.88. The molecule has 5 aliphatic rings. The van der Waals surface area contributed by atoms with Gasteiger partial charge in [-0.05, 0) is 104 Å². The van der Waals surface area contributed by atoms with Gasteiger partial charge in [0.2, 0.25) is 0 Å². The van der Waals surface area contributed by atoms with Crippen LogP contribution >= 0.6 is 0 Å². The van der Waals surface area contributed by atoms with Crippen molar-refractivity contribution < 1.29 is 20.1 Å². The van der Waals surface area contributed by atoms with Gasteiger partial charge in [-0.15, -0.1) is 0 Å². The fourth-order valence-corrected chi connectivity index (χ4v) is 10.6. The summed E-state index contributed by atoms with van der Waals surface area (Å²) in [6, 6.07) is 0. The molecule has 0 radical (unpaired) electrons. The van der Waals surface area contributed by atoms with Gasteiger partial charge >= 0.3 is 5.97 Å². The van der Waals surface area contributed by atoms with E-state index in [9.17, 15) is 20.1 Å². The van der Waals surface area contributed by atoms with Crippen LogP contribution in [-0.2, 0) is 4.79 Å². The van der Waals surface area contributed by atoms with E-state index in [1.54, 1.807) is 0 Å². The van der Waals surface area contributed by atoms with Crippen molar-refractivity contribution in [2.45, 2.75) is 112 Å². The Hall–Kier alpha value is -0.870. The van der Waals surface area contributed by atoms with Crippen LogP contribution in [0.5, 0.6) is 0 Å². The molecule has 4 nitrogen and oxygen atoms in total. The summed E-state index contributed by atoms with van der Waals surface area (Å²) in [6.07, 6.45) is 11.4. The Kier molecular flexibility index (Phi) is 5.36. The van der Waals surface area contributed by atoms with E-state index >= 15 is 0 Å². The van der Waals surface area contributed by atoms with Crippen molar-refractivity contribution >= 4 is 5.97 Å². The van der Waals surface area contributed by atoms with E-state index in [0.29, 0.717) is 11.8 Å². The van der Waals surface area contributed by atoms with Crippen molar-refractivity contribution in [3.63, 3.8) is 0 Å². The van der Waals surface area contributed by atoms with E-state index in [-0.39, 0.29) is 45.7 Å². The Balaban J connectivity index is 1.62. The summed E-state index contributed by atoms with van der Waals surface area (Å²) in [5, 5.41) is 32.4. The third-order valence-electron chi connectivity index (χ3n) is 13.1. The number of fused-ring (bicyclic) bond motifs is 7. The van der Waals surface area contributed by atoms with Gasteiger partial charge in [0, 0.05) is 12.0 Å². The predicted octanol–water partition coefficient (Wildman–Crippen LogP) is 6.21. The lowest BCUT2D eigenvalue weighted by molar-refractivity contribution is -0.223. The highest BCUT2D eigenvalue weighted by atomic mass is 16.4. The van der Waals surface area contributed by atoms with Crippen LogP contribution in [0.15, 0.2) is 11.6 Å². The summed E-state index contributed by atoms with van der Waals surface area (Å²) >= 11 is 0. The van der Waals surface area contributed by atoms with Crippen molar-refractivity contribution in [2.24, 2.45) is 50.2 Å². The molecule has 4 heteroatoms. The number of rotatable bonds is 2. The van der Waals surface area contributed by atoms with Gasteiger partial charge in [-0.2, -0.15) is 0 Å². The molecule has 3 N–H and O–H groups in total. The van der Waals surface area contributed by atoms with Crippen molar-refractivity contribution in [1.82, 2.24) is 0 Å². The van der Waals surface area contributed by atoms with Crippen LogP contribution in [-0.4, -0.2) is 34.0 Å². The summed E-state index contributed by atoms with van der Waals surface area (Å²) in [6.45, 7) is 14.2. The van der Waals surface area contributed by atoms with Crippen molar-refractivity contribution in [3.8, 4) is 0 Å². The average Bonchev–Trinajstić information content (AvgIpc) is 2.76. The first-order valence-electron chi connectivity index (χ1n) is 13.9. The highest BCUT2D eigenvalue weighted by Crippen LogP contribution is 2.75. The predicted molar refractivity (Wildman–Crippen MR) is 134 cm³/mol. The molecule has 0 heterocycles. The fraction of sp³-hybridized carbons (Fsp3) is 0.900. The van der Waals surface area contributed by atoms with Gasteiger partial charge in [-0.1, -0.05) is 53.2 Å². The molecule has 0 aromatic rings. The molecule has 0 aromatic heterocycles. The molecule has 5 aliphatic carbocycles. The Morgan fingerprint density at radius 3 is 2.26 bits per heavy atom. The number of aliphatic carboxylic acids is 1. The number of carboxylic acid groups (broad SMARTS) is 1. The number of hydrogen-bond acceptors (Lipinski definition) is 3. The van der Waals surface area contributed by atoms with Gasteiger partial charge in [0.1, 0.15) is 0 Å². The molecule has 0 unspecified atom stereocenters. The highest BCUT2D eigenvalue weighted by molar-refractivity contribution is 5.76. The second kappa shape index (κ2) is 7.34. The molecule has 0 aliphatic heterocycles. The maximum atomic E-state index is 12.8. The minimum absolute atomic E-state index is 0.0275. The number of carboxylic acids is 1. The smallest absolute Gasteiger partial charge is 0.310 e. The number of carbonyl (C=O) groups is 1. The molecular weight excluding hydrogens is 424 g/mol. The summed E-state index contributed by atoms with van der Waals surface area (Å²) in [4.78, 5) is 12.8. The third-order valence-corrected chi connectivity index (χ3v) is 13.1. The molecule has 4 saturated carbocycles. The first kappa shape index (κ1) is 24.8. The number of allylic oxidation sites excluding steroid dienone is 2. The molecule has 34 heavy (non-hydrogen) atoms. The molecule has 0 bridgehead atoms. The van der Waals surface area contributed by atoms with Crippen LogP contribution in [0.25, 0.3) is 0 Å². The number of aliphatic hydroxyl groups is 2. The zero-order valence-electron chi connectivity index (χ0n) is 22.4. The van der Waals surface area contributed by atoms with Crippen LogP contribution in [0.2, 0.25) is 0 Å². The molecule has 0 spiro atoms. The quantitative estimate of drug-likeness (QED) is 0.418. The van der Waals surface area contributed by atoms with Gasteiger partial charge < -0.3 is 15.3 Å². The second-order valence-electron chi connectivity index (χ2n) is 14.9. The Labute approximate surface area is 206 Å². The Morgan fingerprint density at radius 2 is 1.62 bits per heavy atom. The zero-order valence-corrected chi connectivity index (χ0v) is 22.4. The highest BCUT2D eigenvalue weighted by Gasteiger charge is 2.70. The lowest BCUT2D eigenvalue weighted by Gasteiger charge is -2.71. The molecule has 192 valence electrons. The van der Waals surface area contributed by atoms with E-state index in [4.69, 9.17) is 0 Å². The van der Waals surface area contributed by atoms with Gasteiger partial charge in [0.05, 0.1) is 11.5 Å². The van der Waals surface area contributed by atoms with E-state index < -0.39 is 11.4 Å². The lowest BCUT2D eigenvalue weighted by atomic mass is 9.33. The van der Waals surface area contributed by atoms with Crippen LogP contribution < -0.4 is 0 Å². The van der Waals surface area contributed by atoms with Gasteiger partial charge in [-0.3, -0.25) is 4.79 Å². The molecule has 0 saturated heterocycles. The first-order valence-corrected chi connectivity index (χ1v) is 13.9. The standard InChI is InChI=1S/C30H48O4/c1-25(2)13-15-29(24(33)34)16-14-27(5)19(20(29)17-25)7-8-22-28(27,6)11-9-21-26(3,4)23(32)10-12-30(21,22)18-31/h7,20-23,31-32H,8-18H2,1-6H3,(H,33,34)/t20-,21-,22-,23-,27+,28+,29-,30+/m0/s1. The summed E-state index contributed by atoms with van der Waals surface area (Å²) in [5.74, 6) is 0.235. The van der Waals surface area contributed by atoms with Crippen molar-refractivity contribution in [2.75, 3.05) is 6.61 Å². The van der Waals surface area contributed by atoms with E-state index in [1.165, 1.54) is 5.57 Å². The fourth-order valence-electron chi connectivity index (χ4n) is 10.6. The zero-order chi connectivity index (χ0) is 24.9. The van der Waals surface area contributed by atoms with E-state index in [0.717, 1.165) is 64.2 Å². The molecule has 0 aromatic carbocycles. The van der Waals surface area contributed by atoms with Crippen molar-refractivity contribution in [1.29, 1.82) is 0 Å². The first-order chi connectivity index (χ1) is 15.7. The van der Waals surface area contributed by atoms with Gasteiger partial charge in [0.15, 0.2) is 0 Å². The summed E-state index contributed by atoms with van der Waals surface area (Å²) in [5.41, 5.74) is 0.677. The monoisotopic (exact) mass is 472 g/mol. The van der Waals surface area contributed by atoms with Crippen LogP contribution in [0.4, 0.5) is 0 Å². The van der Waals surface area contributed by atoms with Crippen LogP contribution in [0, 0.1) is 50.2 Å². The number of aliphatic hydroxyl groups excluding tert-OH is 2. The second-order valence-corrected chi connectivity index (χ2v) is 14.9. The van der Waals surface area contributed by atoms with Gasteiger partial charge in [-0.25, -0.2) is 0 Å². The normalized spacial score (nSPS) is 51.2. The van der Waals surface area contributed by atoms with Crippen LogP contribution in [0.3, 0.4) is 0 Å².